The number of aromatic carboxylic acids is 1. The van der Waals surface area contributed by atoms with Crippen molar-refractivity contribution in [3.63, 3.8) is 0 Å². The maximum atomic E-state index is 10.8. The van der Waals surface area contributed by atoms with E-state index in [2.05, 4.69) is 24.1 Å². The third kappa shape index (κ3) is 2.95. The van der Waals surface area contributed by atoms with Gasteiger partial charge in [-0.2, -0.15) is 0 Å². The van der Waals surface area contributed by atoms with Crippen molar-refractivity contribution in [1.29, 1.82) is 0 Å². The lowest BCUT2D eigenvalue weighted by Gasteiger charge is -2.15. The molecule has 1 aromatic heterocycles. The molecule has 1 rings (SSSR count). The Morgan fingerprint density at radius 3 is 2.50 bits per heavy atom. The maximum absolute atomic E-state index is 10.8. The molecular formula is C12H18N2O2. The molecule has 0 spiro atoms. The van der Waals surface area contributed by atoms with Crippen LogP contribution in [0.1, 0.15) is 42.7 Å². The molecule has 1 heterocycles. The van der Waals surface area contributed by atoms with Gasteiger partial charge in [0.25, 0.3) is 0 Å². The van der Waals surface area contributed by atoms with Gasteiger partial charge in [0.15, 0.2) is 0 Å². The molecular weight excluding hydrogens is 204 g/mol. The van der Waals surface area contributed by atoms with Gasteiger partial charge >= 0.3 is 5.97 Å². The van der Waals surface area contributed by atoms with Crippen molar-refractivity contribution >= 4 is 11.8 Å². The number of rotatable bonds is 5. The number of anilines is 1. The molecule has 0 fully saturated rings. The van der Waals surface area contributed by atoms with E-state index >= 15 is 0 Å². The molecule has 4 heteroatoms. The fraction of sp³-hybridized carbons (Fsp3) is 0.500. The highest BCUT2D eigenvalue weighted by atomic mass is 16.4. The number of carboxylic acid groups (broad SMARTS) is 1. The molecule has 0 saturated heterocycles. The van der Waals surface area contributed by atoms with Crippen molar-refractivity contribution < 1.29 is 9.90 Å². The van der Waals surface area contributed by atoms with Gasteiger partial charge in [-0.3, -0.25) is 0 Å². The molecule has 2 N–H and O–H groups in total. The number of nitrogens with one attached hydrogen (secondary N) is 1. The van der Waals surface area contributed by atoms with E-state index in [1.54, 1.807) is 19.1 Å². The van der Waals surface area contributed by atoms with Crippen molar-refractivity contribution in [2.45, 2.75) is 39.7 Å². The summed E-state index contributed by atoms with van der Waals surface area (Å²) < 4.78 is 0. The number of pyridine rings is 1. The molecule has 16 heavy (non-hydrogen) atoms. The van der Waals surface area contributed by atoms with Crippen LogP contribution in [-0.2, 0) is 0 Å². The van der Waals surface area contributed by atoms with Crippen LogP contribution in [-0.4, -0.2) is 22.1 Å². The highest BCUT2D eigenvalue weighted by Gasteiger charge is 2.10. The molecule has 0 aliphatic rings. The Kier molecular flexibility index (Phi) is 4.28. The second-order valence-electron chi connectivity index (χ2n) is 3.79. The zero-order valence-corrected chi connectivity index (χ0v) is 9.95. The average Bonchev–Trinajstić information content (AvgIpc) is 2.25. The minimum Gasteiger partial charge on any atom is -0.478 e. The minimum absolute atomic E-state index is 0.259. The lowest BCUT2D eigenvalue weighted by Crippen LogP contribution is -2.18. The summed E-state index contributed by atoms with van der Waals surface area (Å²) in [6.07, 6.45) is 2.05. The lowest BCUT2D eigenvalue weighted by atomic mass is 10.1. The number of hydrogen-bond donors (Lipinski definition) is 2. The molecule has 1 aromatic rings. The molecule has 4 nitrogen and oxygen atoms in total. The number of aromatic nitrogens is 1. The molecule has 0 aromatic carbocycles. The van der Waals surface area contributed by atoms with Gasteiger partial charge in [0.2, 0.25) is 0 Å². The smallest absolute Gasteiger partial charge is 0.337 e. The number of carbonyl (C=O) groups is 1. The van der Waals surface area contributed by atoms with Crippen LogP contribution in [0.15, 0.2) is 12.1 Å². The van der Waals surface area contributed by atoms with E-state index < -0.39 is 5.97 Å². The maximum Gasteiger partial charge on any atom is 0.337 e. The van der Waals surface area contributed by atoms with Gasteiger partial charge in [0.1, 0.15) is 5.82 Å². The topological polar surface area (TPSA) is 62.2 Å². The van der Waals surface area contributed by atoms with E-state index in [-0.39, 0.29) is 5.56 Å². The summed E-state index contributed by atoms with van der Waals surface area (Å²) in [6.45, 7) is 5.93. The average molecular weight is 222 g/mol. The van der Waals surface area contributed by atoms with Gasteiger partial charge in [-0.25, -0.2) is 9.78 Å². The first-order chi connectivity index (χ1) is 7.58. The molecule has 88 valence electrons. The first-order valence-corrected chi connectivity index (χ1v) is 5.56. The van der Waals surface area contributed by atoms with E-state index in [1.807, 2.05) is 0 Å². The Morgan fingerprint density at radius 2 is 2.06 bits per heavy atom. The summed E-state index contributed by atoms with van der Waals surface area (Å²) in [5, 5.41) is 12.2. The molecule has 0 aliphatic carbocycles. The molecule has 0 saturated carbocycles. The SMILES string of the molecule is CCC(CC)Nc1ccc(C(=O)O)c(C)n1. The summed E-state index contributed by atoms with van der Waals surface area (Å²) in [5.74, 6) is -0.185. The molecule has 0 atom stereocenters. The van der Waals surface area contributed by atoms with Crippen LogP contribution < -0.4 is 5.32 Å². The van der Waals surface area contributed by atoms with E-state index in [4.69, 9.17) is 5.11 Å². The third-order valence-electron chi connectivity index (χ3n) is 2.65. The van der Waals surface area contributed by atoms with Crippen molar-refractivity contribution in [3.8, 4) is 0 Å². The molecule has 0 aliphatic heterocycles. The van der Waals surface area contributed by atoms with Crippen LogP contribution in [0.5, 0.6) is 0 Å². The van der Waals surface area contributed by atoms with Crippen LogP contribution in [0.25, 0.3) is 0 Å². The Hall–Kier alpha value is -1.58. The third-order valence-corrected chi connectivity index (χ3v) is 2.65. The van der Waals surface area contributed by atoms with E-state index in [9.17, 15) is 4.79 Å². The first-order valence-electron chi connectivity index (χ1n) is 5.56. The van der Waals surface area contributed by atoms with Gasteiger partial charge in [-0.05, 0) is 31.9 Å². The van der Waals surface area contributed by atoms with E-state index in [0.29, 0.717) is 11.7 Å². The summed E-state index contributed by atoms with van der Waals surface area (Å²) in [7, 11) is 0. The molecule has 0 unspecified atom stereocenters. The predicted molar refractivity (Wildman–Crippen MR) is 63.9 cm³/mol. The summed E-state index contributed by atoms with van der Waals surface area (Å²) in [4.78, 5) is 15.0. The van der Waals surface area contributed by atoms with Crippen molar-refractivity contribution in [1.82, 2.24) is 4.98 Å². The van der Waals surface area contributed by atoms with Crippen molar-refractivity contribution in [2.24, 2.45) is 0 Å². The van der Waals surface area contributed by atoms with Gasteiger partial charge in [0, 0.05) is 6.04 Å². The highest BCUT2D eigenvalue weighted by Crippen LogP contribution is 2.13. The summed E-state index contributed by atoms with van der Waals surface area (Å²) in [6, 6.07) is 3.70. The second kappa shape index (κ2) is 5.49. The van der Waals surface area contributed by atoms with Crippen LogP contribution >= 0.6 is 0 Å². The van der Waals surface area contributed by atoms with Crippen molar-refractivity contribution in [3.05, 3.63) is 23.4 Å². The number of aryl methyl sites for hydroxylation is 1. The largest absolute Gasteiger partial charge is 0.478 e. The monoisotopic (exact) mass is 222 g/mol. The Morgan fingerprint density at radius 1 is 1.44 bits per heavy atom. The zero-order valence-electron chi connectivity index (χ0n) is 9.95. The van der Waals surface area contributed by atoms with Crippen molar-refractivity contribution in [2.75, 3.05) is 5.32 Å². The minimum atomic E-state index is -0.931. The standard InChI is InChI=1S/C12H18N2O2/c1-4-9(5-2)14-11-7-6-10(12(15)16)8(3)13-11/h6-7,9H,4-5H2,1-3H3,(H,13,14)(H,15,16). The first kappa shape index (κ1) is 12.5. The fourth-order valence-corrected chi connectivity index (χ4v) is 1.57. The number of nitrogens with zero attached hydrogens (tertiary/aromatic N) is 1. The fourth-order valence-electron chi connectivity index (χ4n) is 1.57. The molecule has 0 amide bonds. The molecule has 0 radical (unpaired) electrons. The van der Waals surface area contributed by atoms with Gasteiger partial charge < -0.3 is 10.4 Å². The number of hydrogen-bond acceptors (Lipinski definition) is 3. The van der Waals surface area contributed by atoms with E-state index in [0.717, 1.165) is 18.7 Å². The Bertz CT molecular complexity index is 373. The van der Waals surface area contributed by atoms with Gasteiger partial charge in [0.05, 0.1) is 11.3 Å². The lowest BCUT2D eigenvalue weighted by molar-refractivity contribution is 0.0695. The second-order valence-corrected chi connectivity index (χ2v) is 3.79. The van der Waals surface area contributed by atoms with Crippen LogP contribution in [0.2, 0.25) is 0 Å². The Balaban J connectivity index is 2.84. The highest BCUT2D eigenvalue weighted by molar-refractivity contribution is 5.89. The normalized spacial score (nSPS) is 10.5. The van der Waals surface area contributed by atoms with Gasteiger partial charge in [-0.15, -0.1) is 0 Å². The zero-order chi connectivity index (χ0) is 12.1. The number of carboxylic acids is 1. The summed E-state index contributed by atoms with van der Waals surface area (Å²) in [5.41, 5.74) is 0.804. The van der Waals surface area contributed by atoms with Crippen LogP contribution in [0, 0.1) is 6.92 Å². The quantitative estimate of drug-likeness (QED) is 0.804. The Labute approximate surface area is 95.7 Å². The molecule has 0 bridgehead atoms. The summed E-state index contributed by atoms with van der Waals surface area (Å²) >= 11 is 0. The van der Waals surface area contributed by atoms with E-state index in [1.165, 1.54) is 0 Å². The predicted octanol–water partition coefficient (Wildman–Crippen LogP) is 2.69. The van der Waals surface area contributed by atoms with Crippen LogP contribution in [0.3, 0.4) is 0 Å². The van der Waals surface area contributed by atoms with Crippen LogP contribution in [0.4, 0.5) is 5.82 Å². The van der Waals surface area contributed by atoms with Gasteiger partial charge in [-0.1, -0.05) is 13.8 Å².